The Bertz CT molecular complexity index is 4430. The van der Waals surface area contributed by atoms with Crippen molar-refractivity contribution in [3.63, 3.8) is 0 Å². The lowest BCUT2D eigenvalue weighted by molar-refractivity contribution is -0.135. The van der Waals surface area contributed by atoms with E-state index in [1.807, 2.05) is 131 Å². The molecule has 0 spiro atoms. The monoisotopic (exact) mass is 1630 g/mol. The number of unbranched alkanes of at least 4 members (excludes halogenated alkanes) is 3. The number of nitrogens with zero attached hydrogens (tertiary/aromatic N) is 10. The van der Waals surface area contributed by atoms with E-state index >= 15 is 0 Å². The second-order valence-corrected chi connectivity index (χ2v) is 26.0. The Morgan fingerprint density at radius 3 is 0.898 bits per heavy atom. The number of methoxy groups -OCH3 is 1. The number of hydrogen-bond acceptors (Lipinski definition) is 24. The molecule has 0 saturated heterocycles. The number of carbonyl (C=O) groups is 10. The number of aromatic carboxylic acids is 1. The molecule has 9 rings (SSSR count). The highest BCUT2D eigenvalue weighted by Gasteiger charge is 2.12. The summed E-state index contributed by atoms with van der Waals surface area (Å²) in [6.45, 7) is 23.0. The van der Waals surface area contributed by atoms with Crippen LogP contribution in [0.15, 0.2) is 165 Å². The number of carboxylic acids is 2. The summed E-state index contributed by atoms with van der Waals surface area (Å²) < 4.78 is 4.82. The van der Waals surface area contributed by atoms with E-state index in [1.54, 1.807) is 118 Å². The fourth-order valence-corrected chi connectivity index (χ4v) is 8.74. The number of rotatable bonds is 28. The third kappa shape index (κ3) is 48.8. The van der Waals surface area contributed by atoms with Crippen LogP contribution in [0.25, 0.3) is 0 Å². The fraction of sp³-hybridized carbons (Fsp3) is 0.345. The molecule has 0 saturated carbocycles. The van der Waals surface area contributed by atoms with Gasteiger partial charge in [0.05, 0.1) is 6.61 Å². The van der Waals surface area contributed by atoms with E-state index in [2.05, 4.69) is 87.4 Å². The van der Waals surface area contributed by atoms with Gasteiger partial charge in [0.2, 0.25) is 0 Å². The second-order valence-electron chi connectivity index (χ2n) is 26.0. The number of carboxylic acid groups (broad SMARTS) is 2. The molecule has 9 aromatic heterocycles. The largest absolute Gasteiger partial charge is 0.480 e. The highest BCUT2D eigenvalue weighted by Crippen LogP contribution is 2.07. The lowest BCUT2D eigenvalue weighted by Crippen LogP contribution is -2.31. The number of carbonyl (C=O) groups excluding carboxylic acids is 8. The lowest BCUT2D eigenvalue weighted by Gasteiger charge is -2.10. The van der Waals surface area contributed by atoms with E-state index in [0.29, 0.717) is 85.7 Å². The first-order valence-electron chi connectivity index (χ1n) is 37.5. The van der Waals surface area contributed by atoms with Crippen LogP contribution >= 0.6 is 0 Å². The van der Waals surface area contributed by atoms with Crippen LogP contribution in [0.2, 0.25) is 0 Å². The van der Waals surface area contributed by atoms with Gasteiger partial charge in [-0.1, -0.05) is 12.8 Å². The topological polar surface area (TPSA) is 514 Å². The SMILES string of the molecule is CNC(=O)c1cc(C)ccn1.CNCCNC(=O)c1cc(C)ccn1.COCCNC(=O)c1cc(C)ccn1.Cc1ccnc(C(=O)NCC(=O)O)c1.Cc1ccnc(C(=O)NCCCCCCN)c1.Cc1ccnc(C(=O)NCCN(C)C)c1.Cc1ccnc(C(=O)NCCN)c1.Cc1ccnc(C(=O)O)c1.Cc1ccnc(C(N)=O)c1. The lowest BCUT2D eigenvalue weighted by atomic mass is 10.2. The van der Waals surface area contributed by atoms with E-state index in [4.69, 9.17) is 32.2 Å². The van der Waals surface area contributed by atoms with Crippen molar-refractivity contribution < 1.29 is 62.9 Å². The van der Waals surface area contributed by atoms with E-state index in [0.717, 1.165) is 95.4 Å². The molecular weight excluding hydrogens is 1510 g/mol. The third-order valence-corrected chi connectivity index (χ3v) is 14.9. The standard InChI is InChI=1S/C13H21N3O.C11H17N3O.C10H15N3O.C10H14N2O2.C9H13N3O.C9H10N2O3.C8H10N2O.C7H8N2O.C7H7NO2/c1-11-6-9-15-12(10-11)13(17)16-8-5-3-2-4-7-14;1-9-4-5-12-10(8-9)11(15)13-6-7-14(2)3;1-8-3-4-12-9(7-8)10(14)13-6-5-11-2;1-8-3-4-11-9(7-8)10(13)12-5-6-14-2;1-7-2-4-11-8(6-7)9(13)12-5-3-10;1-6-2-3-10-7(4-6)9(14)11-5-8(12)13;1-6-3-4-10-7(5-6)8(11)9-2;1-5-2-3-9-6(4-5)7(8)10;1-5-2-3-8-6(4-5)7(9)10/h6,9-10H,2-5,7-8,14H2,1H3,(H,16,17);4-5,8H,6-7H2,1-3H3,(H,13,15);3-4,7,11H,5-6H2,1-2H3,(H,13,14);3-4,7H,5-6H2,1-2H3,(H,12,13);2,4,6H,3,5,10H2,1H3,(H,12,13);2-4H,5H2,1H3,(H,11,14)(H,12,13);3-5H,1-2H3,(H,9,11);2-4H,1H3,(H2,8,10);2-4H,1H3,(H,9,10). The Labute approximate surface area is 690 Å². The van der Waals surface area contributed by atoms with Gasteiger partial charge in [0.15, 0.2) is 0 Å². The normalized spacial score (nSPS) is 9.77. The van der Waals surface area contributed by atoms with Gasteiger partial charge in [0, 0.05) is 122 Å². The minimum atomic E-state index is -1.08. The Balaban J connectivity index is 0.000000666. The first kappa shape index (κ1) is 103. The first-order valence-corrected chi connectivity index (χ1v) is 37.5. The minimum Gasteiger partial charge on any atom is -0.480 e. The molecule has 0 atom stereocenters. The molecule has 34 heteroatoms. The average molecular weight is 1630 g/mol. The van der Waals surface area contributed by atoms with Crippen molar-refractivity contribution in [3.05, 3.63) is 266 Å². The van der Waals surface area contributed by atoms with E-state index in [1.165, 1.54) is 18.5 Å². The third-order valence-electron chi connectivity index (χ3n) is 14.9. The molecule has 9 heterocycles. The molecule has 16 N–H and O–H groups in total. The molecule has 0 radical (unpaired) electrons. The number of pyridine rings is 9. The number of aliphatic carboxylic acids is 1. The van der Waals surface area contributed by atoms with Gasteiger partial charge in [-0.05, 0) is 262 Å². The maximum atomic E-state index is 11.7. The van der Waals surface area contributed by atoms with Crippen LogP contribution in [-0.4, -0.2) is 227 Å². The van der Waals surface area contributed by atoms with Gasteiger partial charge < -0.3 is 79.6 Å². The molecule has 34 nitrogen and oxygen atoms in total. The summed E-state index contributed by atoms with van der Waals surface area (Å²) in [7, 11) is 8.97. The van der Waals surface area contributed by atoms with Crippen LogP contribution < -0.4 is 59.7 Å². The number of primary amides is 1. The van der Waals surface area contributed by atoms with Crippen LogP contribution in [0.5, 0.6) is 0 Å². The highest BCUT2D eigenvalue weighted by atomic mass is 16.5. The Morgan fingerprint density at radius 1 is 0.347 bits per heavy atom. The minimum absolute atomic E-state index is 0.0903. The summed E-state index contributed by atoms with van der Waals surface area (Å²) in [5.74, 6) is -3.82. The molecular formula is C84H115N21O13. The number of likely N-dealkylation sites (N-methyl/N-ethyl adjacent to an activating group) is 2. The number of amides is 8. The van der Waals surface area contributed by atoms with Crippen LogP contribution in [0.4, 0.5) is 0 Å². The summed E-state index contributed by atoms with van der Waals surface area (Å²) in [6, 6.07) is 31.9. The maximum absolute atomic E-state index is 11.7. The van der Waals surface area contributed by atoms with Crippen LogP contribution in [0, 0.1) is 62.3 Å². The van der Waals surface area contributed by atoms with Crippen molar-refractivity contribution in [2.75, 3.05) is 107 Å². The van der Waals surface area contributed by atoms with Gasteiger partial charge >= 0.3 is 11.9 Å². The van der Waals surface area contributed by atoms with Crippen LogP contribution in [-0.2, 0) is 9.53 Å². The van der Waals surface area contributed by atoms with Crippen molar-refractivity contribution in [3.8, 4) is 0 Å². The molecule has 118 heavy (non-hydrogen) atoms. The zero-order chi connectivity index (χ0) is 88.2. The second kappa shape index (κ2) is 61.3. The number of aryl methyl sites for hydroxylation is 9. The number of ether oxygens (including phenoxy) is 1. The number of nitrogens with one attached hydrogen (secondary N) is 8. The van der Waals surface area contributed by atoms with Crippen LogP contribution in [0.3, 0.4) is 0 Å². The van der Waals surface area contributed by atoms with Crippen molar-refractivity contribution in [2.24, 2.45) is 17.2 Å². The van der Waals surface area contributed by atoms with Gasteiger partial charge in [-0.25, -0.2) is 9.78 Å². The number of nitrogens with two attached hydrogens (primary N) is 3. The van der Waals surface area contributed by atoms with Gasteiger partial charge in [-0.3, -0.25) is 83.0 Å². The van der Waals surface area contributed by atoms with Gasteiger partial charge in [0.25, 0.3) is 47.3 Å². The van der Waals surface area contributed by atoms with Crippen molar-refractivity contribution in [1.82, 2.24) is 92.3 Å². The Hall–Kier alpha value is -13.2. The average Bonchev–Trinajstić information content (AvgIpc) is 0.907. The number of hydrogen-bond donors (Lipinski definition) is 13. The summed E-state index contributed by atoms with van der Waals surface area (Å²) in [5.41, 5.74) is 28.1. The van der Waals surface area contributed by atoms with E-state index < -0.39 is 30.3 Å². The van der Waals surface area contributed by atoms with E-state index in [-0.39, 0.29) is 46.8 Å². The zero-order valence-electron chi connectivity index (χ0n) is 69.8. The molecule has 0 aromatic carbocycles. The molecule has 0 aliphatic carbocycles. The molecule has 9 aromatic rings. The highest BCUT2D eigenvalue weighted by molar-refractivity contribution is 5.96. The molecule has 0 aliphatic heterocycles. The first-order chi connectivity index (χ1) is 56.3. The van der Waals surface area contributed by atoms with E-state index in [9.17, 15) is 47.9 Å². The van der Waals surface area contributed by atoms with Crippen molar-refractivity contribution >= 4 is 59.2 Å². The molecule has 0 bridgehead atoms. The predicted molar refractivity (Wildman–Crippen MR) is 452 cm³/mol. The smallest absolute Gasteiger partial charge is 0.354 e. The predicted octanol–water partition coefficient (Wildman–Crippen LogP) is 6.04. The van der Waals surface area contributed by atoms with Gasteiger partial charge in [-0.15, -0.1) is 0 Å². The fourth-order valence-electron chi connectivity index (χ4n) is 8.74. The van der Waals surface area contributed by atoms with Crippen molar-refractivity contribution in [1.29, 1.82) is 0 Å². The maximum Gasteiger partial charge on any atom is 0.354 e. The Kier molecular flexibility index (Phi) is 53.4. The summed E-state index contributed by atoms with van der Waals surface area (Å²) in [5, 5.41) is 38.3. The molecule has 8 amide bonds. The zero-order valence-corrected chi connectivity index (χ0v) is 69.8. The van der Waals surface area contributed by atoms with Gasteiger partial charge in [-0.2, -0.15) is 0 Å². The summed E-state index contributed by atoms with van der Waals surface area (Å²) in [4.78, 5) is 148. The molecule has 0 aliphatic rings. The van der Waals surface area contributed by atoms with Crippen LogP contribution in [0.1, 0.15) is 170 Å². The summed E-state index contributed by atoms with van der Waals surface area (Å²) in [6.07, 6.45) is 18.7. The van der Waals surface area contributed by atoms with Gasteiger partial charge in [0.1, 0.15) is 57.8 Å². The quantitative estimate of drug-likeness (QED) is 0.0249. The molecule has 634 valence electrons. The van der Waals surface area contributed by atoms with Crippen molar-refractivity contribution in [2.45, 2.75) is 88.0 Å². The Morgan fingerprint density at radius 2 is 0.627 bits per heavy atom. The molecule has 0 unspecified atom stereocenters. The molecule has 0 fully saturated rings. The summed E-state index contributed by atoms with van der Waals surface area (Å²) >= 11 is 0. The number of aromatic nitrogens is 9.